The summed E-state index contributed by atoms with van der Waals surface area (Å²) in [5.74, 6) is 0.243. The van der Waals surface area contributed by atoms with Gasteiger partial charge in [0.15, 0.2) is 0 Å². The van der Waals surface area contributed by atoms with E-state index in [1.807, 2.05) is 30.3 Å². The summed E-state index contributed by atoms with van der Waals surface area (Å²) in [6.07, 6.45) is 3.35. The minimum Gasteiger partial charge on any atom is -0.359 e. The third-order valence-electron chi connectivity index (χ3n) is 4.24. The van der Waals surface area contributed by atoms with Crippen LogP contribution >= 0.6 is 0 Å². The second-order valence-corrected chi connectivity index (χ2v) is 5.79. The minimum atomic E-state index is 0.0643. The van der Waals surface area contributed by atoms with Crippen molar-refractivity contribution >= 4 is 17.5 Å². The summed E-state index contributed by atoms with van der Waals surface area (Å²) in [7, 11) is 1.67. The molecule has 1 aliphatic heterocycles. The van der Waals surface area contributed by atoms with Gasteiger partial charge in [-0.2, -0.15) is 0 Å². The monoisotopic (exact) mass is 315 g/mol. The molecule has 0 radical (unpaired) electrons. The standard InChI is InChI=1S/C18H25N3O2/c1-3-11-21(16-7-5-4-6-8-16)17(22)14-20-12-9-15(10-13-20)18(23)19-2/h3-8,15H,1,9-14H2,2H3,(H,19,23). The lowest BCUT2D eigenvalue weighted by Gasteiger charge is -2.32. The lowest BCUT2D eigenvalue weighted by molar-refractivity contribution is -0.126. The van der Waals surface area contributed by atoms with Gasteiger partial charge >= 0.3 is 0 Å². The SMILES string of the molecule is C=CCN(C(=O)CN1CCC(C(=O)NC)CC1)c1ccccc1. The fraction of sp³-hybridized carbons (Fsp3) is 0.444. The van der Waals surface area contributed by atoms with Crippen LogP contribution in [0.25, 0.3) is 0 Å². The van der Waals surface area contributed by atoms with E-state index in [0.29, 0.717) is 13.1 Å². The topological polar surface area (TPSA) is 52.7 Å². The number of rotatable bonds is 6. The Bertz CT molecular complexity index is 536. The van der Waals surface area contributed by atoms with Crippen LogP contribution in [0.3, 0.4) is 0 Å². The van der Waals surface area contributed by atoms with E-state index in [0.717, 1.165) is 31.6 Å². The predicted molar refractivity (Wildman–Crippen MR) is 92.2 cm³/mol. The van der Waals surface area contributed by atoms with Crippen LogP contribution in [0, 0.1) is 5.92 Å². The molecule has 0 spiro atoms. The number of anilines is 1. The Kier molecular flexibility index (Phi) is 6.35. The van der Waals surface area contributed by atoms with Gasteiger partial charge in [-0.05, 0) is 38.1 Å². The molecule has 1 aromatic carbocycles. The van der Waals surface area contributed by atoms with Gasteiger partial charge in [0.2, 0.25) is 11.8 Å². The molecule has 1 aromatic rings. The van der Waals surface area contributed by atoms with Gasteiger partial charge in [-0.3, -0.25) is 14.5 Å². The fourth-order valence-corrected chi connectivity index (χ4v) is 2.92. The Morgan fingerprint density at radius 3 is 2.52 bits per heavy atom. The van der Waals surface area contributed by atoms with Gasteiger partial charge in [0.05, 0.1) is 6.54 Å². The van der Waals surface area contributed by atoms with Crippen LogP contribution in [0.15, 0.2) is 43.0 Å². The molecular formula is C18H25N3O2. The van der Waals surface area contributed by atoms with Gasteiger partial charge in [-0.1, -0.05) is 24.3 Å². The van der Waals surface area contributed by atoms with E-state index in [4.69, 9.17) is 0 Å². The van der Waals surface area contributed by atoms with E-state index in [1.165, 1.54) is 0 Å². The minimum absolute atomic E-state index is 0.0643. The lowest BCUT2D eigenvalue weighted by Crippen LogP contribution is -2.45. The molecule has 23 heavy (non-hydrogen) atoms. The van der Waals surface area contributed by atoms with Crippen molar-refractivity contribution in [2.75, 3.05) is 38.1 Å². The number of nitrogens with one attached hydrogen (secondary N) is 1. The second-order valence-electron chi connectivity index (χ2n) is 5.79. The Labute approximate surface area is 138 Å². The van der Waals surface area contributed by atoms with Crippen LogP contribution in [-0.2, 0) is 9.59 Å². The number of nitrogens with zero attached hydrogens (tertiary/aromatic N) is 2. The quantitative estimate of drug-likeness (QED) is 0.812. The van der Waals surface area contributed by atoms with Crippen molar-refractivity contribution in [2.24, 2.45) is 5.92 Å². The summed E-state index contributed by atoms with van der Waals surface area (Å²) in [6.45, 7) is 6.17. The highest BCUT2D eigenvalue weighted by atomic mass is 16.2. The molecule has 0 aromatic heterocycles. The molecule has 0 saturated carbocycles. The molecule has 2 amide bonds. The van der Waals surface area contributed by atoms with E-state index >= 15 is 0 Å². The highest BCUT2D eigenvalue weighted by Crippen LogP contribution is 2.18. The Hall–Kier alpha value is -2.14. The highest BCUT2D eigenvalue weighted by Gasteiger charge is 2.26. The van der Waals surface area contributed by atoms with Crippen LogP contribution in [0.5, 0.6) is 0 Å². The second kappa shape index (κ2) is 8.48. The first-order valence-electron chi connectivity index (χ1n) is 8.06. The van der Waals surface area contributed by atoms with Crippen molar-refractivity contribution in [3.8, 4) is 0 Å². The lowest BCUT2D eigenvalue weighted by atomic mass is 9.96. The molecule has 5 nitrogen and oxygen atoms in total. The molecule has 0 aliphatic carbocycles. The zero-order valence-corrected chi connectivity index (χ0v) is 13.7. The van der Waals surface area contributed by atoms with Crippen molar-refractivity contribution < 1.29 is 9.59 Å². The first-order chi connectivity index (χ1) is 11.2. The predicted octanol–water partition coefficient (Wildman–Crippen LogP) is 1.66. The van der Waals surface area contributed by atoms with Gasteiger partial charge in [0, 0.05) is 25.2 Å². The molecule has 1 fully saturated rings. The van der Waals surface area contributed by atoms with Crippen molar-refractivity contribution in [1.82, 2.24) is 10.2 Å². The molecule has 1 aliphatic rings. The summed E-state index contributed by atoms with van der Waals surface area (Å²) in [5.41, 5.74) is 0.887. The molecule has 124 valence electrons. The zero-order chi connectivity index (χ0) is 16.7. The molecule has 5 heteroatoms. The van der Waals surface area contributed by atoms with Crippen molar-refractivity contribution in [1.29, 1.82) is 0 Å². The first-order valence-corrected chi connectivity index (χ1v) is 8.06. The van der Waals surface area contributed by atoms with Crippen LogP contribution in [0.2, 0.25) is 0 Å². The summed E-state index contributed by atoms with van der Waals surface area (Å²) in [4.78, 5) is 28.2. The van der Waals surface area contributed by atoms with Gasteiger partial charge in [0.1, 0.15) is 0 Å². The molecule has 0 bridgehead atoms. The molecule has 0 atom stereocenters. The van der Waals surface area contributed by atoms with Gasteiger partial charge in [-0.25, -0.2) is 0 Å². The van der Waals surface area contributed by atoms with E-state index < -0.39 is 0 Å². The number of para-hydroxylation sites is 1. The average molecular weight is 315 g/mol. The number of piperidine rings is 1. The van der Waals surface area contributed by atoms with Crippen molar-refractivity contribution in [3.63, 3.8) is 0 Å². The van der Waals surface area contributed by atoms with Crippen LogP contribution < -0.4 is 10.2 Å². The van der Waals surface area contributed by atoms with Crippen molar-refractivity contribution in [2.45, 2.75) is 12.8 Å². The Morgan fingerprint density at radius 1 is 1.30 bits per heavy atom. The molecule has 2 rings (SSSR count). The van der Waals surface area contributed by atoms with E-state index in [1.54, 1.807) is 18.0 Å². The van der Waals surface area contributed by atoms with Crippen LogP contribution in [-0.4, -0.2) is 49.9 Å². The number of carbonyl (C=O) groups is 2. The van der Waals surface area contributed by atoms with Crippen molar-refractivity contribution in [3.05, 3.63) is 43.0 Å². The Morgan fingerprint density at radius 2 is 1.96 bits per heavy atom. The van der Waals surface area contributed by atoms with E-state index in [9.17, 15) is 9.59 Å². The van der Waals surface area contributed by atoms with Gasteiger partial charge in [-0.15, -0.1) is 6.58 Å². The number of hydrogen-bond acceptors (Lipinski definition) is 3. The molecule has 0 unspecified atom stereocenters. The largest absolute Gasteiger partial charge is 0.359 e. The van der Waals surface area contributed by atoms with Gasteiger partial charge in [0.25, 0.3) is 0 Å². The third kappa shape index (κ3) is 4.66. The summed E-state index contributed by atoms with van der Waals surface area (Å²) in [5, 5.41) is 2.70. The average Bonchev–Trinajstić information content (AvgIpc) is 2.60. The number of hydrogen-bond donors (Lipinski definition) is 1. The number of amides is 2. The molecular weight excluding hydrogens is 290 g/mol. The summed E-state index contributed by atoms with van der Waals surface area (Å²) < 4.78 is 0. The zero-order valence-electron chi connectivity index (χ0n) is 13.7. The maximum Gasteiger partial charge on any atom is 0.241 e. The normalized spacial score (nSPS) is 15.9. The maximum atomic E-state index is 12.6. The smallest absolute Gasteiger partial charge is 0.241 e. The first kappa shape index (κ1) is 17.2. The van der Waals surface area contributed by atoms with Crippen LogP contribution in [0.4, 0.5) is 5.69 Å². The van der Waals surface area contributed by atoms with E-state index in [-0.39, 0.29) is 17.7 Å². The summed E-state index contributed by atoms with van der Waals surface area (Å²) in [6, 6.07) is 9.64. The van der Waals surface area contributed by atoms with Gasteiger partial charge < -0.3 is 10.2 Å². The third-order valence-corrected chi connectivity index (χ3v) is 4.24. The number of likely N-dealkylation sites (tertiary alicyclic amines) is 1. The summed E-state index contributed by atoms with van der Waals surface area (Å²) >= 11 is 0. The Balaban J connectivity index is 1.92. The highest BCUT2D eigenvalue weighted by molar-refractivity contribution is 5.95. The fourth-order valence-electron chi connectivity index (χ4n) is 2.92. The molecule has 1 heterocycles. The molecule has 1 N–H and O–H groups in total. The maximum absolute atomic E-state index is 12.6. The molecule has 1 saturated heterocycles. The number of benzene rings is 1. The number of carbonyl (C=O) groups excluding carboxylic acids is 2. The van der Waals surface area contributed by atoms with E-state index in [2.05, 4.69) is 16.8 Å². The van der Waals surface area contributed by atoms with Crippen LogP contribution in [0.1, 0.15) is 12.8 Å².